The molecule has 2 rings (SSSR count). The zero-order chi connectivity index (χ0) is 18.8. The van der Waals surface area contributed by atoms with Gasteiger partial charge in [0.25, 0.3) is 5.91 Å². The molecule has 0 aliphatic heterocycles. The van der Waals surface area contributed by atoms with Gasteiger partial charge in [-0.3, -0.25) is 4.79 Å². The number of hydrogen-bond donors (Lipinski definition) is 2. The second-order valence-electron chi connectivity index (χ2n) is 6.92. The molecule has 0 aromatic heterocycles. The van der Waals surface area contributed by atoms with E-state index in [2.05, 4.69) is 26.1 Å². The zero-order valence-electron chi connectivity index (χ0n) is 14.4. The second kappa shape index (κ2) is 6.78. The van der Waals surface area contributed by atoms with Gasteiger partial charge in [0.15, 0.2) is 0 Å². The molecule has 0 fully saturated rings. The van der Waals surface area contributed by atoms with Crippen molar-refractivity contribution in [3.8, 4) is 0 Å². The Kier molecular flexibility index (Phi) is 5.11. The molecular formula is C19H21F3N2O. The molecule has 3 nitrogen and oxygen atoms in total. The normalized spacial score (nSPS) is 12.1. The molecule has 1 amide bonds. The number of carbonyl (C=O) groups is 1. The average molecular weight is 350 g/mol. The van der Waals surface area contributed by atoms with Crippen LogP contribution in [0.15, 0.2) is 42.5 Å². The number of alkyl halides is 3. The summed E-state index contributed by atoms with van der Waals surface area (Å²) in [4.78, 5) is 12.2. The van der Waals surface area contributed by atoms with Crippen LogP contribution in [0, 0.1) is 0 Å². The highest BCUT2D eigenvalue weighted by Crippen LogP contribution is 2.33. The van der Waals surface area contributed by atoms with Crippen molar-refractivity contribution in [1.82, 2.24) is 5.32 Å². The standard InChI is InChI=1S/C19H21F3N2O/c1-18(2,3)14-7-4-12(5-8-14)17(25)24-11-13-6-9-15(23)10-16(13)19(20,21)22/h4-10H,11,23H2,1-3H3,(H,24,25). The number of nitrogen functional groups attached to an aromatic ring is 1. The highest BCUT2D eigenvalue weighted by atomic mass is 19.4. The van der Waals surface area contributed by atoms with Crippen LogP contribution in [-0.2, 0) is 18.1 Å². The number of nitrogens with one attached hydrogen (secondary N) is 1. The quantitative estimate of drug-likeness (QED) is 0.800. The van der Waals surface area contributed by atoms with Crippen LogP contribution in [0.4, 0.5) is 18.9 Å². The molecule has 0 radical (unpaired) electrons. The van der Waals surface area contributed by atoms with Gasteiger partial charge >= 0.3 is 6.18 Å². The summed E-state index contributed by atoms with van der Waals surface area (Å²) in [6, 6.07) is 10.6. The van der Waals surface area contributed by atoms with Crippen molar-refractivity contribution in [1.29, 1.82) is 0 Å². The summed E-state index contributed by atoms with van der Waals surface area (Å²) in [5.41, 5.74) is 6.03. The lowest BCUT2D eigenvalue weighted by atomic mass is 9.87. The van der Waals surface area contributed by atoms with Crippen molar-refractivity contribution >= 4 is 11.6 Å². The minimum atomic E-state index is -4.52. The van der Waals surface area contributed by atoms with Gasteiger partial charge in [0.1, 0.15) is 0 Å². The van der Waals surface area contributed by atoms with E-state index in [0.29, 0.717) is 5.56 Å². The maximum atomic E-state index is 13.1. The van der Waals surface area contributed by atoms with Gasteiger partial charge in [-0.2, -0.15) is 13.2 Å². The summed E-state index contributed by atoms with van der Waals surface area (Å²) in [6.07, 6.45) is -4.52. The zero-order valence-corrected chi connectivity index (χ0v) is 14.4. The molecule has 0 saturated carbocycles. The monoisotopic (exact) mass is 350 g/mol. The van der Waals surface area contributed by atoms with E-state index in [-0.39, 0.29) is 23.2 Å². The molecule has 0 bridgehead atoms. The third kappa shape index (κ3) is 4.75. The second-order valence-corrected chi connectivity index (χ2v) is 6.92. The molecule has 25 heavy (non-hydrogen) atoms. The lowest BCUT2D eigenvalue weighted by Crippen LogP contribution is -2.24. The van der Waals surface area contributed by atoms with Crippen LogP contribution in [0.2, 0.25) is 0 Å². The number of hydrogen-bond acceptors (Lipinski definition) is 2. The molecule has 134 valence electrons. The number of nitrogens with two attached hydrogens (primary N) is 1. The summed E-state index contributed by atoms with van der Waals surface area (Å²) in [5, 5.41) is 2.53. The third-order valence-corrected chi connectivity index (χ3v) is 3.89. The van der Waals surface area contributed by atoms with E-state index in [9.17, 15) is 18.0 Å². The first kappa shape index (κ1) is 18.8. The van der Waals surface area contributed by atoms with Crippen molar-refractivity contribution in [2.45, 2.75) is 38.9 Å². The maximum Gasteiger partial charge on any atom is 0.416 e. The van der Waals surface area contributed by atoms with Crippen molar-refractivity contribution in [2.75, 3.05) is 5.73 Å². The van der Waals surface area contributed by atoms with Crippen LogP contribution < -0.4 is 11.1 Å². The number of anilines is 1. The lowest BCUT2D eigenvalue weighted by molar-refractivity contribution is -0.138. The highest BCUT2D eigenvalue weighted by molar-refractivity contribution is 5.94. The number of benzene rings is 2. The van der Waals surface area contributed by atoms with Gasteiger partial charge < -0.3 is 11.1 Å². The summed E-state index contributed by atoms with van der Waals surface area (Å²) in [5.74, 6) is -0.426. The minimum Gasteiger partial charge on any atom is -0.399 e. The van der Waals surface area contributed by atoms with Gasteiger partial charge in [-0.15, -0.1) is 0 Å². The Labute approximate surface area is 145 Å². The first-order chi connectivity index (χ1) is 11.5. The molecule has 0 saturated heterocycles. The van der Waals surface area contributed by atoms with E-state index in [1.54, 1.807) is 12.1 Å². The Morgan fingerprint density at radius 3 is 2.16 bits per heavy atom. The summed E-state index contributed by atoms with van der Waals surface area (Å²) in [6.45, 7) is 5.94. The predicted molar refractivity (Wildman–Crippen MR) is 92.2 cm³/mol. The Bertz CT molecular complexity index is 760. The molecule has 0 atom stereocenters. The van der Waals surface area contributed by atoms with Crippen LogP contribution in [-0.4, -0.2) is 5.91 Å². The predicted octanol–water partition coefficient (Wildman–Crippen LogP) is 4.52. The first-order valence-corrected chi connectivity index (χ1v) is 7.83. The molecule has 2 aromatic carbocycles. The van der Waals surface area contributed by atoms with Gasteiger partial charge in [-0.05, 0) is 40.8 Å². The topological polar surface area (TPSA) is 55.1 Å². The van der Waals surface area contributed by atoms with E-state index in [1.807, 2.05) is 12.1 Å². The molecular weight excluding hydrogens is 329 g/mol. The van der Waals surface area contributed by atoms with Crippen molar-refractivity contribution < 1.29 is 18.0 Å². The largest absolute Gasteiger partial charge is 0.416 e. The molecule has 0 spiro atoms. The Morgan fingerprint density at radius 2 is 1.64 bits per heavy atom. The Hall–Kier alpha value is -2.50. The van der Waals surface area contributed by atoms with Crippen LogP contribution >= 0.6 is 0 Å². The number of carbonyl (C=O) groups excluding carboxylic acids is 1. The number of halogens is 3. The smallest absolute Gasteiger partial charge is 0.399 e. The summed E-state index contributed by atoms with van der Waals surface area (Å²) in [7, 11) is 0. The molecule has 3 N–H and O–H groups in total. The van der Waals surface area contributed by atoms with Crippen molar-refractivity contribution in [3.05, 3.63) is 64.7 Å². The van der Waals surface area contributed by atoms with Crippen LogP contribution in [0.5, 0.6) is 0 Å². The van der Waals surface area contributed by atoms with Gasteiger partial charge in [-0.25, -0.2) is 0 Å². The van der Waals surface area contributed by atoms with Gasteiger partial charge in [0.2, 0.25) is 0 Å². The fraction of sp³-hybridized carbons (Fsp3) is 0.316. The summed E-state index contributed by atoms with van der Waals surface area (Å²) >= 11 is 0. The van der Waals surface area contributed by atoms with Crippen LogP contribution in [0.3, 0.4) is 0 Å². The van der Waals surface area contributed by atoms with Gasteiger partial charge in [-0.1, -0.05) is 39.0 Å². The molecule has 2 aromatic rings. The minimum absolute atomic E-state index is 0.0265. The summed E-state index contributed by atoms with van der Waals surface area (Å²) < 4.78 is 39.2. The first-order valence-electron chi connectivity index (χ1n) is 7.83. The molecule has 0 aliphatic rings. The van der Waals surface area contributed by atoms with E-state index >= 15 is 0 Å². The van der Waals surface area contributed by atoms with Gasteiger partial charge in [0, 0.05) is 17.8 Å². The fourth-order valence-corrected chi connectivity index (χ4v) is 2.41. The van der Waals surface area contributed by atoms with E-state index < -0.39 is 17.6 Å². The molecule has 0 heterocycles. The number of amides is 1. The SMILES string of the molecule is CC(C)(C)c1ccc(C(=O)NCc2ccc(N)cc2C(F)(F)F)cc1. The van der Waals surface area contributed by atoms with E-state index in [4.69, 9.17) is 5.73 Å². The van der Waals surface area contributed by atoms with E-state index in [0.717, 1.165) is 11.6 Å². The van der Waals surface area contributed by atoms with Crippen molar-refractivity contribution in [3.63, 3.8) is 0 Å². The lowest BCUT2D eigenvalue weighted by Gasteiger charge is -2.19. The van der Waals surface area contributed by atoms with E-state index in [1.165, 1.54) is 12.1 Å². The maximum absolute atomic E-state index is 13.1. The fourth-order valence-electron chi connectivity index (χ4n) is 2.41. The number of rotatable bonds is 3. The highest BCUT2D eigenvalue weighted by Gasteiger charge is 2.33. The Morgan fingerprint density at radius 1 is 1.04 bits per heavy atom. The van der Waals surface area contributed by atoms with Crippen LogP contribution in [0.1, 0.15) is 47.8 Å². The molecule has 0 unspecified atom stereocenters. The third-order valence-electron chi connectivity index (χ3n) is 3.89. The average Bonchev–Trinajstić information content (AvgIpc) is 2.51. The molecule has 6 heteroatoms. The van der Waals surface area contributed by atoms with Gasteiger partial charge in [0.05, 0.1) is 5.56 Å². The Balaban J connectivity index is 2.13. The van der Waals surface area contributed by atoms with Crippen molar-refractivity contribution in [2.24, 2.45) is 0 Å². The molecule has 0 aliphatic carbocycles. The van der Waals surface area contributed by atoms with Crippen LogP contribution in [0.25, 0.3) is 0 Å².